The number of benzene rings is 2. The van der Waals surface area contributed by atoms with Crippen LogP contribution in [0.5, 0.6) is 5.75 Å². The molecular formula is C16H17BrFNO. The van der Waals surface area contributed by atoms with Crippen molar-refractivity contribution < 1.29 is 9.13 Å². The van der Waals surface area contributed by atoms with Crippen LogP contribution in [0.25, 0.3) is 0 Å². The van der Waals surface area contributed by atoms with E-state index in [9.17, 15) is 4.39 Å². The Balaban J connectivity index is 2.11. The fourth-order valence-electron chi connectivity index (χ4n) is 1.97. The second-order valence-electron chi connectivity index (χ2n) is 4.88. The van der Waals surface area contributed by atoms with Crippen LogP contribution in [-0.4, -0.2) is 0 Å². The van der Waals surface area contributed by atoms with Crippen LogP contribution in [-0.2, 0) is 6.61 Å². The Bertz CT molecular complexity index is 593. The molecule has 0 aliphatic carbocycles. The van der Waals surface area contributed by atoms with Gasteiger partial charge < -0.3 is 10.5 Å². The van der Waals surface area contributed by atoms with Gasteiger partial charge in [-0.3, -0.25) is 0 Å². The molecule has 1 atom stereocenters. The van der Waals surface area contributed by atoms with Crippen molar-refractivity contribution in [3.63, 3.8) is 0 Å². The summed E-state index contributed by atoms with van der Waals surface area (Å²) in [5.41, 5.74) is 8.72. The standard InChI is InChI=1S/C16H17BrFNO/c1-10-5-13(11(2)19)3-4-16(10)20-9-12-6-14(17)8-15(18)7-12/h3-8,11H,9,19H2,1-2H3/t11-/m0/s1. The summed E-state index contributed by atoms with van der Waals surface area (Å²) >= 11 is 3.27. The zero-order valence-electron chi connectivity index (χ0n) is 11.5. The van der Waals surface area contributed by atoms with Crippen molar-refractivity contribution in [2.75, 3.05) is 0 Å². The molecule has 106 valence electrons. The molecule has 0 aliphatic heterocycles. The maximum atomic E-state index is 13.3. The summed E-state index contributed by atoms with van der Waals surface area (Å²) in [6.45, 7) is 4.25. The number of rotatable bonds is 4. The van der Waals surface area contributed by atoms with Gasteiger partial charge in [0.15, 0.2) is 0 Å². The molecule has 2 aromatic rings. The number of nitrogens with two attached hydrogens (primary N) is 1. The summed E-state index contributed by atoms with van der Waals surface area (Å²) < 4.78 is 19.7. The molecule has 0 spiro atoms. The minimum Gasteiger partial charge on any atom is -0.489 e. The number of halogens is 2. The van der Waals surface area contributed by atoms with Crippen LogP contribution in [0, 0.1) is 12.7 Å². The smallest absolute Gasteiger partial charge is 0.124 e. The van der Waals surface area contributed by atoms with Crippen LogP contribution < -0.4 is 10.5 Å². The first kappa shape index (κ1) is 15.0. The summed E-state index contributed by atoms with van der Waals surface area (Å²) in [4.78, 5) is 0. The largest absolute Gasteiger partial charge is 0.489 e. The Hall–Kier alpha value is -1.39. The van der Waals surface area contributed by atoms with Gasteiger partial charge in [0, 0.05) is 10.5 Å². The quantitative estimate of drug-likeness (QED) is 0.891. The molecule has 0 unspecified atom stereocenters. The van der Waals surface area contributed by atoms with Gasteiger partial charge in [0.2, 0.25) is 0 Å². The van der Waals surface area contributed by atoms with Crippen molar-refractivity contribution in [2.45, 2.75) is 26.5 Å². The molecule has 0 saturated heterocycles. The Morgan fingerprint density at radius 2 is 2.00 bits per heavy atom. The lowest BCUT2D eigenvalue weighted by molar-refractivity contribution is 0.303. The zero-order chi connectivity index (χ0) is 14.7. The maximum absolute atomic E-state index is 13.3. The molecule has 2 nitrogen and oxygen atoms in total. The van der Waals surface area contributed by atoms with E-state index >= 15 is 0 Å². The van der Waals surface area contributed by atoms with Crippen molar-refractivity contribution in [1.82, 2.24) is 0 Å². The maximum Gasteiger partial charge on any atom is 0.124 e. The predicted molar refractivity (Wildman–Crippen MR) is 82.2 cm³/mol. The van der Waals surface area contributed by atoms with Gasteiger partial charge in [-0.25, -0.2) is 4.39 Å². The zero-order valence-corrected chi connectivity index (χ0v) is 13.1. The molecule has 2 N–H and O–H groups in total. The molecular weight excluding hydrogens is 321 g/mol. The number of ether oxygens (including phenoxy) is 1. The fourth-order valence-corrected chi connectivity index (χ4v) is 2.49. The van der Waals surface area contributed by atoms with Crippen LogP contribution in [0.4, 0.5) is 4.39 Å². The van der Waals surface area contributed by atoms with Crippen molar-refractivity contribution >= 4 is 15.9 Å². The predicted octanol–water partition coefficient (Wildman–Crippen LogP) is 4.50. The van der Waals surface area contributed by atoms with Crippen LogP contribution in [0.2, 0.25) is 0 Å². The lowest BCUT2D eigenvalue weighted by Gasteiger charge is -2.12. The molecule has 0 radical (unpaired) electrons. The molecule has 0 amide bonds. The van der Waals surface area contributed by atoms with Gasteiger partial charge in [-0.15, -0.1) is 0 Å². The van der Waals surface area contributed by atoms with Crippen molar-refractivity contribution in [3.8, 4) is 5.75 Å². The Labute approximate surface area is 126 Å². The SMILES string of the molecule is Cc1cc([C@H](C)N)ccc1OCc1cc(F)cc(Br)c1. The number of hydrogen-bond acceptors (Lipinski definition) is 2. The minimum atomic E-state index is -0.276. The minimum absolute atomic E-state index is 0.00178. The van der Waals surface area contributed by atoms with E-state index in [1.807, 2.05) is 38.1 Å². The highest BCUT2D eigenvalue weighted by atomic mass is 79.9. The van der Waals surface area contributed by atoms with Crippen molar-refractivity contribution in [2.24, 2.45) is 5.73 Å². The highest BCUT2D eigenvalue weighted by Crippen LogP contribution is 2.23. The topological polar surface area (TPSA) is 35.2 Å². The molecule has 0 heterocycles. The summed E-state index contributed by atoms with van der Waals surface area (Å²) in [7, 11) is 0. The van der Waals surface area contributed by atoms with E-state index < -0.39 is 0 Å². The van der Waals surface area contributed by atoms with E-state index in [0.717, 1.165) is 22.4 Å². The normalized spacial score (nSPS) is 12.2. The first-order valence-corrected chi connectivity index (χ1v) is 7.19. The molecule has 2 rings (SSSR count). The van der Waals surface area contributed by atoms with E-state index in [1.165, 1.54) is 12.1 Å². The molecule has 0 fully saturated rings. The molecule has 0 saturated carbocycles. The summed E-state index contributed by atoms with van der Waals surface area (Å²) in [6.07, 6.45) is 0. The number of aryl methyl sites for hydroxylation is 1. The van der Waals surface area contributed by atoms with Crippen molar-refractivity contribution in [1.29, 1.82) is 0 Å². The average Bonchev–Trinajstić information content (AvgIpc) is 2.36. The van der Waals surface area contributed by atoms with Gasteiger partial charge in [-0.2, -0.15) is 0 Å². The van der Waals surface area contributed by atoms with Gasteiger partial charge in [-0.05, 0) is 54.8 Å². The lowest BCUT2D eigenvalue weighted by Crippen LogP contribution is -2.05. The van der Waals surface area contributed by atoms with E-state index in [0.29, 0.717) is 11.1 Å². The second kappa shape index (κ2) is 6.37. The average molecular weight is 338 g/mol. The van der Waals surface area contributed by atoms with E-state index in [1.54, 1.807) is 0 Å². The van der Waals surface area contributed by atoms with Gasteiger partial charge in [-0.1, -0.05) is 28.1 Å². The van der Waals surface area contributed by atoms with Crippen LogP contribution in [0.1, 0.15) is 29.7 Å². The van der Waals surface area contributed by atoms with Crippen LogP contribution in [0.3, 0.4) is 0 Å². The highest BCUT2D eigenvalue weighted by Gasteiger charge is 2.06. The van der Waals surface area contributed by atoms with E-state index in [2.05, 4.69) is 15.9 Å². The van der Waals surface area contributed by atoms with E-state index in [4.69, 9.17) is 10.5 Å². The van der Waals surface area contributed by atoms with Gasteiger partial charge >= 0.3 is 0 Å². The molecule has 20 heavy (non-hydrogen) atoms. The highest BCUT2D eigenvalue weighted by molar-refractivity contribution is 9.10. The van der Waals surface area contributed by atoms with Crippen molar-refractivity contribution in [3.05, 3.63) is 63.4 Å². The summed E-state index contributed by atoms with van der Waals surface area (Å²) in [5.74, 6) is 0.511. The molecule has 2 aromatic carbocycles. The summed E-state index contributed by atoms with van der Waals surface area (Å²) in [6, 6.07) is 10.6. The Kier molecular flexibility index (Phi) is 4.78. The van der Waals surface area contributed by atoms with Crippen LogP contribution in [0.15, 0.2) is 40.9 Å². The van der Waals surface area contributed by atoms with Gasteiger partial charge in [0.05, 0.1) is 0 Å². The first-order chi connectivity index (χ1) is 9.45. The van der Waals surface area contributed by atoms with Crippen LogP contribution >= 0.6 is 15.9 Å². The molecule has 0 aromatic heterocycles. The molecule has 0 aliphatic rings. The Morgan fingerprint density at radius 3 is 2.60 bits per heavy atom. The third-order valence-electron chi connectivity index (χ3n) is 3.04. The monoisotopic (exact) mass is 337 g/mol. The molecule has 4 heteroatoms. The van der Waals surface area contributed by atoms with Gasteiger partial charge in [0.25, 0.3) is 0 Å². The fraction of sp³-hybridized carbons (Fsp3) is 0.250. The number of hydrogen-bond donors (Lipinski definition) is 1. The Morgan fingerprint density at radius 1 is 1.25 bits per heavy atom. The molecule has 0 bridgehead atoms. The summed E-state index contributed by atoms with van der Waals surface area (Å²) in [5, 5.41) is 0. The van der Waals surface area contributed by atoms with E-state index in [-0.39, 0.29) is 11.9 Å². The second-order valence-corrected chi connectivity index (χ2v) is 5.80. The third-order valence-corrected chi connectivity index (χ3v) is 3.50. The lowest BCUT2D eigenvalue weighted by atomic mass is 10.1. The third kappa shape index (κ3) is 3.81. The van der Waals surface area contributed by atoms with Gasteiger partial charge in [0.1, 0.15) is 18.2 Å². The first-order valence-electron chi connectivity index (χ1n) is 6.39.